The Labute approximate surface area is 105 Å². The van der Waals surface area contributed by atoms with E-state index in [1.807, 2.05) is 7.05 Å². The Morgan fingerprint density at radius 3 is 2.71 bits per heavy atom. The zero-order valence-electron chi connectivity index (χ0n) is 11.2. The zero-order chi connectivity index (χ0) is 12.5. The van der Waals surface area contributed by atoms with Gasteiger partial charge in [-0.05, 0) is 25.8 Å². The van der Waals surface area contributed by atoms with Crippen LogP contribution in [-0.2, 0) is 9.53 Å². The summed E-state index contributed by atoms with van der Waals surface area (Å²) in [6.45, 7) is 2.74. The Balaban J connectivity index is 2.10. The molecule has 1 rings (SSSR count). The number of methoxy groups -OCH3 is 1. The summed E-state index contributed by atoms with van der Waals surface area (Å²) in [5.41, 5.74) is 0. The number of hydrogen-bond acceptors (Lipinski definition) is 3. The quantitative estimate of drug-likeness (QED) is 0.683. The summed E-state index contributed by atoms with van der Waals surface area (Å²) in [5, 5.41) is 2.85. The SMILES string of the molecule is COCCNC(=O)CN(C)CC1CCCCC1. The summed E-state index contributed by atoms with van der Waals surface area (Å²) >= 11 is 0. The van der Waals surface area contributed by atoms with Gasteiger partial charge in [-0.1, -0.05) is 19.3 Å². The fraction of sp³-hybridized carbons (Fsp3) is 0.923. The van der Waals surface area contributed by atoms with E-state index in [0.717, 1.165) is 12.5 Å². The summed E-state index contributed by atoms with van der Waals surface area (Å²) in [4.78, 5) is 13.7. The number of nitrogens with one attached hydrogen (secondary N) is 1. The van der Waals surface area contributed by atoms with Crippen molar-refractivity contribution in [3.05, 3.63) is 0 Å². The van der Waals surface area contributed by atoms with Crippen LogP contribution in [-0.4, -0.2) is 51.2 Å². The smallest absolute Gasteiger partial charge is 0.234 e. The molecule has 1 aliphatic rings. The van der Waals surface area contributed by atoms with Gasteiger partial charge in [-0.25, -0.2) is 0 Å². The first kappa shape index (κ1) is 14.5. The molecule has 0 atom stereocenters. The molecule has 1 aliphatic carbocycles. The molecule has 1 saturated carbocycles. The van der Waals surface area contributed by atoms with E-state index in [1.165, 1.54) is 32.1 Å². The second-order valence-electron chi connectivity index (χ2n) is 5.04. The van der Waals surface area contributed by atoms with E-state index in [0.29, 0.717) is 19.7 Å². The van der Waals surface area contributed by atoms with Crippen LogP contribution in [0, 0.1) is 5.92 Å². The number of rotatable bonds is 7. The molecule has 0 heterocycles. The lowest BCUT2D eigenvalue weighted by atomic mass is 9.89. The molecule has 0 spiro atoms. The lowest BCUT2D eigenvalue weighted by molar-refractivity contribution is -0.122. The van der Waals surface area contributed by atoms with Crippen LogP contribution >= 0.6 is 0 Å². The maximum absolute atomic E-state index is 11.6. The molecule has 0 saturated heterocycles. The van der Waals surface area contributed by atoms with Gasteiger partial charge in [0, 0.05) is 20.2 Å². The van der Waals surface area contributed by atoms with Gasteiger partial charge in [0.1, 0.15) is 0 Å². The molecule has 4 nitrogen and oxygen atoms in total. The van der Waals surface area contributed by atoms with E-state index in [4.69, 9.17) is 4.74 Å². The molecule has 17 heavy (non-hydrogen) atoms. The van der Waals surface area contributed by atoms with Crippen LogP contribution in [0.25, 0.3) is 0 Å². The number of hydrogen-bond donors (Lipinski definition) is 1. The van der Waals surface area contributed by atoms with Crippen molar-refractivity contribution in [3.63, 3.8) is 0 Å². The lowest BCUT2D eigenvalue weighted by Gasteiger charge is -2.26. The van der Waals surface area contributed by atoms with E-state index in [9.17, 15) is 4.79 Å². The maximum Gasteiger partial charge on any atom is 0.234 e. The van der Waals surface area contributed by atoms with E-state index in [-0.39, 0.29) is 5.91 Å². The fourth-order valence-electron chi connectivity index (χ4n) is 2.47. The standard InChI is InChI=1S/C13H26N2O2/c1-15(10-12-6-4-3-5-7-12)11-13(16)14-8-9-17-2/h12H,3-11H2,1-2H3,(H,14,16). The summed E-state index contributed by atoms with van der Waals surface area (Å²) in [5.74, 6) is 0.890. The van der Waals surface area contributed by atoms with E-state index in [2.05, 4.69) is 10.2 Å². The van der Waals surface area contributed by atoms with Crippen molar-refractivity contribution < 1.29 is 9.53 Å². The van der Waals surface area contributed by atoms with Crippen LogP contribution < -0.4 is 5.32 Å². The van der Waals surface area contributed by atoms with Crippen molar-refractivity contribution in [2.45, 2.75) is 32.1 Å². The molecule has 0 aliphatic heterocycles. The van der Waals surface area contributed by atoms with Gasteiger partial charge in [0.05, 0.1) is 13.2 Å². The minimum Gasteiger partial charge on any atom is -0.383 e. The highest BCUT2D eigenvalue weighted by molar-refractivity contribution is 5.77. The molecule has 100 valence electrons. The number of carbonyl (C=O) groups is 1. The fourth-order valence-corrected chi connectivity index (χ4v) is 2.47. The van der Waals surface area contributed by atoms with E-state index >= 15 is 0 Å². The third kappa shape index (κ3) is 6.64. The van der Waals surface area contributed by atoms with Crippen LogP contribution in [0.4, 0.5) is 0 Å². The Morgan fingerprint density at radius 2 is 2.06 bits per heavy atom. The van der Waals surface area contributed by atoms with Gasteiger partial charge in [0.25, 0.3) is 0 Å². The molecule has 0 unspecified atom stereocenters. The van der Waals surface area contributed by atoms with Gasteiger partial charge in [0.15, 0.2) is 0 Å². The maximum atomic E-state index is 11.6. The average molecular weight is 242 g/mol. The van der Waals surface area contributed by atoms with Crippen molar-refractivity contribution in [2.75, 3.05) is 40.4 Å². The summed E-state index contributed by atoms with van der Waals surface area (Å²) in [6, 6.07) is 0. The van der Waals surface area contributed by atoms with Crippen LogP contribution in [0.5, 0.6) is 0 Å². The Bertz CT molecular complexity index is 215. The number of likely N-dealkylation sites (N-methyl/N-ethyl adjacent to an activating group) is 1. The Kier molecular flexibility index (Phi) is 7.21. The molecule has 0 aromatic carbocycles. The monoisotopic (exact) mass is 242 g/mol. The molecule has 0 aromatic rings. The van der Waals surface area contributed by atoms with E-state index in [1.54, 1.807) is 7.11 Å². The van der Waals surface area contributed by atoms with Gasteiger partial charge < -0.3 is 10.1 Å². The van der Waals surface area contributed by atoms with Gasteiger partial charge >= 0.3 is 0 Å². The van der Waals surface area contributed by atoms with Gasteiger partial charge in [-0.3, -0.25) is 9.69 Å². The number of ether oxygens (including phenoxy) is 1. The second-order valence-corrected chi connectivity index (χ2v) is 5.04. The Hall–Kier alpha value is -0.610. The second kappa shape index (κ2) is 8.48. The van der Waals surface area contributed by atoms with Crippen molar-refractivity contribution in [1.29, 1.82) is 0 Å². The van der Waals surface area contributed by atoms with Gasteiger partial charge in [-0.15, -0.1) is 0 Å². The zero-order valence-corrected chi connectivity index (χ0v) is 11.2. The summed E-state index contributed by atoms with van der Waals surface area (Å²) in [6.07, 6.45) is 6.76. The topological polar surface area (TPSA) is 41.6 Å². The van der Waals surface area contributed by atoms with Crippen molar-refractivity contribution in [1.82, 2.24) is 10.2 Å². The van der Waals surface area contributed by atoms with Crippen LogP contribution in [0.2, 0.25) is 0 Å². The Morgan fingerprint density at radius 1 is 1.35 bits per heavy atom. The first-order chi connectivity index (χ1) is 8.22. The average Bonchev–Trinajstić information content (AvgIpc) is 2.30. The summed E-state index contributed by atoms with van der Waals surface area (Å²) in [7, 11) is 3.67. The number of amides is 1. The third-order valence-electron chi connectivity index (χ3n) is 3.34. The minimum atomic E-state index is 0.0976. The summed E-state index contributed by atoms with van der Waals surface area (Å²) < 4.78 is 4.89. The molecule has 1 N–H and O–H groups in total. The van der Waals surface area contributed by atoms with Crippen LogP contribution in [0.3, 0.4) is 0 Å². The molecule has 1 amide bonds. The molecular weight excluding hydrogens is 216 g/mol. The van der Waals surface area contributed by atoms with Crippen molar-refractivity contribution >= 4 is 5.91 Å². The van der Waals surface area contributed by atoms with E-state index < -0.39 is 0 Å². The van der Waals surface area contributed by atoms with Crippen molar-refractivity contribution in [3.8, 4) is 0 Å². The first-order valence-corrected chi connectivity index (χ1v) is 6.66. The molecule has 0 aromatic heterocycles. The highest BCUT2D eigenvalue weighted by Crippen LogP contribution is 2.23. The highest BCUT2D eigenvalue weighted by atomic mass is 16.5. The normalized spacial score (nSPS) is 17.4. The number of carbonyl (C=O) groups excluding carboxylic acids is 1. The predicted octanol–water partition coefficient (Wildman–Crippen LogP) is 1.26. The lowest BCUT2D eigenvalue weighted by Crippen LogP contribution is -2.38. The van der Waals surface area contributed by atoms with Gasteiger partial charge in [0.2, 0.25) is 5.91 Å². The largest absolute Gasteiger partial charge is 0.383 e. The highest BCUT2D eigenvalue weighted by Gasteiger charge is 2.16. The molecule has 0 radical (unpaired) electrons. The predicted molar refractivity (Wildman–Crippen MR) is 69.0 cm³/mol. The molecule has 0 bridgehead atoms. The molecule has 1 fully saturated rings. The van der Waals surface area contributed by atoms with Gasteiger partial charge in [-0.2, -0.15) is 0 Å². The number of nitrogens with zero attached hydrogens (tertiary/aromatic N) is 1. The molecule has 4 heteroatoms. The third-order valence-corrected chi connectivity index (χ3v) is 3.34. The first-order valence-electron chi connectivity index (χ1n) is 6.66. The van der Waals surface area contributed by atoms with Crippen LogP contribution in [0.1, 0.15) is 32.1 Å². The van der Waals surface area contributed by atoms with Crippen molar-refractivity contribution in [2.24, 2.45) is 5.92 Å². The molecular formula is C13H26N2O2. The minimum absolute atomic E-state index is 0.0976. The van der Waals surface area contributed by atoms with Crippen LogP contribution in [0.15, 0.2) is 0 Å².